The molecule has 0 aliphatic carbocycles. The number of hydrogen-bond acceptors (Lipinski definition) is 3. The summed E-state index contributed by atoms with van der Waals surface area (Å²) in [5.74, 6) is 0.178. The van der Waals surface area contributed by atoms with Crippen molar-refractivity contribution >= 4 is 16.8 Å². The Hall–Kier alpha value is -2.12. The van der Waals surface area contributed by atoms with Gasteiger partial charge in [-0.3, -0.25) is 14.3 Å². The van der Waals surface area contributed by atoms with Crippen molar-refractivity contribution in [1.82, 2.24) is 9.47 Å². The normalized spacial score (nSPS) is 29.3. The number of aromatic nitrogens is 1. The Kier molecular flexibility index (Phi) is 2.58. The van der Waals surface area contributed by atoms with E-state index in [0.29, 0.717) is 12.8 Å². The summed E-state index contributed by atoms with van der Waals surface area (Å²) in [6.07, 6.45) is 4.10. The van der Waals surface area contributed by atoms with Crippen molar-refractivity contribution < 1.29 is 4.79 Å². The highest BCUT2D eigenvalue weighted by Crippen LogP contribution is 2.56. The fourth-order valence-corrected chi connectivity index (χ4v) is 5.36. The van der Waals surface area contributed by atoms with Crippen molar-refractivity contribution in [3.05, 3.63) is 35.5 Å². The van der Waals surface area contributed by atoms with Gasteiger partial charge in [0.05, 0.1) is 17.6 Å². The van der Waals surface area contributed by atoms with Gasteiger partial charge >= 0.3 is 0 Å². The number of piperidine rings is 1. The number of carbonyl (C=O) groups is 1. The van der Waals surface area contributed by atoms with Gasteiger partial charge in [0.15, 0.2) is 0 Å². The molecule has 0 N–H and O–H groups in total. The van der Waals surface area contributed by atoms with Gasteiger partial charge in [0.1, 0.15) is 0 Å². The van der Waals surface area contributed by atoms with Gasteiger partial charge in [-0.15, -0.1) is 0 Å². The second-order valence-corrected chi connectivity index (χ2v) is 7.28. The van der Waals surface area contributed by atoms with Crippen LogP contribution in [0.4, 0.5) is 0 Å². The second-order valence-electron chi connectivity index (χ2n) is 7.28. The molecule has 1 aromatic carbocycles. The molecule has 5 rings (SSSR count). The van der Waals surface area contributed by atoms with E-state index in [1.54, 1.807) is 0 Å². The standard InChI is InChI=1S/C19H19N3O/c20-9-8-19-7-3-10-21-11-6-14-13-4-1-2-5-15(13)22(16(23)12-19)17(14)18(19)21/h1-2,4-5,18H,3,6-8,10-12H2/t18-,19+/m1/s1. The van der Waals surface area contributed by atoms with Gasteiger partial charge in [-0.2, -0.15) is 5.26 Å². The summed E-state index contributed by atoms with van der Waals surface area (Å²) in [5, 5.41) is 10.6. The van der Waals surface area contributed by atoms with E-state index in [0.717, 1.165) is 37.9 Å². The summed E-state index contributed by atoms with van der Waals surface area (Å²) in [7, 11) is 0. The topological polar surface area (TPSA) is 49.0 Å². The van der Waals surface area contributed by atoms with Gasteiger partial charge in [-0.1, -0.05) is 18.2 Å². The SMILES string of the molecule is N#CC[C@@]12CCCN3CCc4c(n(c5ccccc45)C(=O)C1)[C@@H]32. The van der Waals surface area contributed by atoms with Gasteiger partial charge in [0.2, 0.25) is 5.91 Å². The maximum atomic E-state index is 13.0. The molecule has 116 valence electrons. The molecule has 0 unspecified atom stereocenters. The van der Waals surface area contributed by atoms with Crippen LogP contribution in [0.2, 0.25) is 0 Å². The van der Waals surface area contributed by atoms with Crippen LogP contribution in [0, 0.1) is 16.7 Å². The van der Waals surface area contributed by atoms with Crippen molar-refractivity contribution in [2.75, 3.05) is 13.1 Å². The maximum Gasteiger partial charge on any atom is 0.232 e. The van der Waals surface area contributed by atoms with Crippen molar-refractivity contribution in [1.29, 1.82) is 5.26 Å². The average molecular weight is 305 g/mol. The van der Waals surface area contributed by atoms with E-state index < -0.39 is 0 Å². The van der Waals surface area contributed by atoms with Crippen molar-refractivity contribution in [3.63, 3.8) is 0 Å². The Morgan fingerprint density at radius 3 is 3.04 bits per heavy atom. The van der Waals surface area contributed by atoms with Crippen LogP contribution in [0.3, 0.4) is 0 Å². The molecule has 0 saturated carbocycles. The monoisotopic (exact) mass is 305 g/mol. The molecule has 1 fully saturated rings. The zero-order valence-corrected chi connectivity index (χ0v) is 13.1. The minimum absolute atomic E-state index is 0.177. The molecule has 4 heteroatoms. The highest BCUT2D eigenvalue weighted by atomic mass is 16.2. The lowest BCUT2D eigenvalue weighted by Gasteiger charge is -2.53. The molecule has 0 bridgehead atoms. The van der Waals surface area contributed by atoms with E-state index in [2.05, 4.69) is 29.2 Å². The van der Waals surface area contributed by atoms with Gasteiger partial charge in [0.25, 0.3) is 0 Å². The summed E-state index contributed by atoms with van der Waals surface area (Å²) in [5.41, 5.74) is 3.42. The van der Waals surface area contributed by atoms with E-state index >= 15 is 0 Å². The summed E-state index contributed by atoms with van der Waals surface area (Å²) < 4.78 is 1.97. The molecule has 4 nitrogen and oxygen atoms in total. The number of nitriles is 1. The lowest BCUT2D eigenvalue weighted by molar-refractivity contribution is -0.0124. The Balaban J connectivity index is 1.85. The van der Waals surface area contributed by atoms with Gasteiger partial charge < -0.3 is 0 Å². The number of hydrogen-bond donors (Lipinski definition) is 0. The molecule has 23 heavy (non-hydrogen) atoms. The number of nitrogens with zero attached hydrogens (tertiary/aromatic N) is 3. The van der Waals surface area contributed by atoms with E-state index in [-0.39, 0.29) is 17.4 Å². The van der Waals surface area contributed by atoms with Crippen LogP contribution >= 0.6 is 0 Å². The van der Waals surface area contributed by atoms with E-state index in [4.69, 9.17) is 0 Å². The highest BCUT2D eigenvalue weighted by Gasteiger charge is 2.53. The number of carbonyl (C=O) groups excluding carboxylic acids is 1. The Morgan fingerprint density at radius 1 is 1.30 bits per heavy atom. The third kappa shape index (κ3) is 1.56. The number of fused-ring (bicyclic) bond motifs is 3. The fourth-order valence-electron chi connectivity index (χ4n) is 5.36. The molecule has 3 aliphatic rings. The molecular formula is C19H19N3O. The molecule has 2 atom stereocenters. The van der Waals surface area contributed by atoms with Crippen molar-refractivity contribution in [2.45, 2.75) is 38.1 Å². The predicted molar refractivity (Wildman–Crippen MR) is 87.1 cm³/mol. The Morgan fingerprint density at radius 2 is 2.17 bits per heavy atom. The third-order valence-electron chi connectivity index (χ3n) is 6.18. The van der Waals surface area contributed by atoms with Crippen LogP contribution in [0.1, 0.15) is 47.8 Å². The van der Waals surface area contributed by atoms with Crippen molar-refractivity contribution in [2.24, 2.45) is 5.41 Å². The molecule has 0 spiro atoms. The smallest absolute Gasteiger partial charge is 0.232 e. The van der Waals surface area contributed by atoms with Crippen LogP contribution in [0.5, 0.6) is 0 Å². The van der Waals surface area contributed by atoms with Gasteiger partial charge in [0, 0.05) is 35.9 Å². The summed E-state index contributed by atoms with van der Waals surface area (Å²) in [6, 6.07) is 10.9. The second kappa shape index (κ2) is 4.46. The van der Waals surface area contributed by atoms with Crippen LogP contribution in [-0.2, 0) is 6.42 Å². The predicted octanol–water partition coefficient (Wildman–Crippen LogP) is 3.28. The van der Waals surface area contributed by atoms with Crippen LogP contribution in [0.15, 0.2) is 24.3 Å². The lowest BCUT2D eigenvalue weighted by Crippen LogP contribution is -2.53. The number of rotatable bonds is 1. The van der Waals surface area contributed by atoms with E-state index in [1.807, 2.05) is 10.6 Å². The van der Waals surface area contributed by atoms with Crippen molar-refractivity contribution in [3.8, 4) is 6.07 Å². The zero-order chi connectivity index (χ0) is 15.6. The first-order valence-corrected chi connectivity index (χ1v) is 8.52. The largest absolute Gasteiger partial charge is 0.294 e. The van der Waals surface area contributed by atoms with E-state index in [1.165, 1.54) is 16.6 Å². The zero-order valence-electron chi connectivity index (χ0n) is 13.1. The first kappa shape index (κ1) is 13.3. The third-order valence-corrected chi connectivity index (χ3v) is 6.18. The molecule has 4 heterocycles. The van der Waals surface area contributed by atoms with Crippen LogP contribution in [-0.4, -0.2) is 28.5 Å². The molecule has 2 aromatic rings. The molecule has 1 aromatic heterocycles. The summed E-state index contributed by atoms with van der Waals surface area (Å²) in [4.78, 5) is 15.5. The van der Waals surface area contributed by atoms with Crippen LogP contribution < -0.4 is 0 Å². The minimum atomic E-state index is -0.177. The minimum Gasteiger partial charge on any atom is -0.294 e. The van der Waals surface area contributed by atoms with Gasteiger partial charge in [-0.25, -0.2) is 0 Å². The van der Waals surface area contributed by atoms with Gasteiger partial charge in [-0.05, 0) is 37.4 Å². The summed E-state index contributed by atoms with van der Waals surface area (Å²) in [6.45, 7) is 2.14. The Labute approximate surface area is 135 Å². The molecule has 1 saturated heterocycles. The number of para-hydroxylation sites is 1. The summed E-state index contributed by atoms with van der Waals surface area (Å²) >= 11 is 0. The average Bonchev–Trinajstić information content (AvgIpc) is 2.90. The lowest BCUT2D eigenvalue weighted by atomic mass is 9.64. The molecule has 0 radical (unpaired) electrons. The first-order chi connectivity index (χ1) is 11.2. The number of benzene rings is 1. The molecule has 3 aliphatic heterocycles. The van der Waals surface area contributed by atoms with Crippen LogP contribution in [0.25, 0.3) is 10.9 Å². The fraction of sp³-hybridized carbons (Fsp3) is 0.474. The Bertz CT molecular complexity index is 875. The highest BCUT2D eigenvalue weighted by molar-refractivity contribution is 5.97. The first-order valence-electron chi connectivity index (χ1n) is 8.52. The molecular weight excluding hydrogens is 286 g/mol. The van der Waals surface area contributed by atoms with E-state index in [9.17, 15) is 10.1 Å². The molecule has 0 amide bonds. The quantitative estimate of drug-likeness (QED) is 0.812. The maximum absolute atomic E-state index is 13.0.